The second-order valence-electron chi connectivity index (χ2n) is 5.78. The van der Waals surface area contributed by atoms with Crippen LogP contribution in [0.5, 0.6) is 0 Å². The molecule has 3 nitrogen and oxygen atoms in total. The largest absolute Gasteiger partial charge is 0.305 e. The number of nitrogens with zero attached hydrogens (tertiary/aromatic N) is 2. The summed E-state index contributed by atoms with van der Waals surface area (Å²) >= 11 is 1.55. The second-order valence-corrected chi connectivity index (χ2v) is 6.79. The first-order valence-corrected chi connectivity index (χ1v) is 8.07. The van der Waals surface area contributed by atoms with Crippen LogP contribution in [-0.4, -0.2) is 10.5 Å². The smallest absolute Gasteiger partial charge is 0.251 e. The Balaban J connectivity index is 2.16. The van der Waals surface area contributed by atoms with Crippen LogP contribution in [-0.2, 0) is 11.3 Å². The van der Waals surface area contributed by atoms with E-state index in [-0.39, 0.29) is 11.8 Å². The van der Waals surface area contributed by atoms with Crippen LogP contribution in [0.2, 0.25) is 0 Å². The van der Waals surface area contributed by atoms with Crippen LogP contribution >= 0.6 is 11.3 Å². The number of fused-ring (bicyclic) bond motifs is 1. The van der Waals surface area contributed by atoms with E-state index in [0.717, 1.165) is 27.9 Å². The van der Waals surface area contributed by atoms with E-state index in [9.17, 15) is 4.79 Å². The molecule has 0 N–H and O–H groups in total. The molecule has 1 fully saturated rings. The van der Waals surface area contributed by atoms with Gasteiger partial charge in [-0.1, -0.05) is 37.2 Å². The van der Waals surface area contributed by atoms with Crippen LogP contribution in [0.25, 0.3) is 10.2 Å². The van der Waals surface area contributed by atoms with Crippen LogP contribution in [0, 0.1) is 18.3 Å². The molecule has 0 aliphatic heterocycles. The number of rotatable bonds is 3. The van der Waals surface area contributed by atoms with Crippen molar-refractivity contribution in [3.05, 3.63) is 28.6 Å². The van der Waals surface area contributed by atoms with Gasteiger partial charge in [0.15, 0.2) is 4.80 Å². The lowest BCUT2D eigenvalue weighted by Gasteiger charge is -2.05. The third-order valence-corrected chi connectivity index (χ3v) is 4.80. The Morgan fingerprint density at radius 1 is 1.52 bits per heavy atom. The Morgan fingerprint density at radius 2 is 2.29 bits per heavy atom. The maximum Gasteiger partial charge on any atom is 0.251 e. The van der Waals surface area contributed by atoms with Crippen molar-refractivity contribution in [3.8, 4) is 12.3 Å². The van der Waals surface area contributed by atoms with Gasteiger partial charge in [0.25, 0.3) is 5.91 Å². The lowest BCUT2D eigenvalue weighted by molar-refractivity contribution is -0.119. The van der Waals surface area contributed by atoms with Gasteiger partial charge < -0.3 is 4.57 Å². The zero-order chi connectivity index (χ0) is 15.0. The molecule has 1 aromatic heterocycles. The fraction of sp³-hybridized carbons (Fsp3) is 0.412. The van der Waals surface area contributed by atoms with Crippen LogP contribution in [0.1, 0.15) is 38.2 Å². The van der Waals surface area contributed by atoms with Gasteiger partial charge in [0, 0.05) is 5.92 Å². The molecule has 1 heterocycles. The van der Waals surface area contributed by atoms with E-state index in [4.69, 9.17) is 6.42 Å². The average molecular weight is 298 g/mol. The number of thiazole rings is 1. The highest BCUT2D eigenvalue weighted by Crippen LogP contribution is 2.30. The van der Waals surface area contributed by atoms with Gasteiger partial charge in [-0.15, -0.1) is 6.42 Å². The zero-order valence-electron chi connectivity index (χ0n) is 12.3. The van der Waals surface area contributed by atoms with Crippen molar-refractivity contribution in [2.24, 2.45) is 10.9 Å². The molecule has 0 radical (unpaired) electrons. The summed E-state index contributed by atoms with van der Waals surface area (Å²) in [4.78, 5) is 17.0. The number of amides is 1. The Kier molecular flexibility index (Phi) is 3.69. The minimum Gasteiger partial charge on any atom is -0.305 e. The number of hydrogen-bond acceptors (Lipinski definition) is 2. The minimum atomic E-state index is -0.00332. The predicted octanol–water partition coefficient (Wildman–Crippen LogP) is 3.30. The van der Waals surface area contributed by atoms with E-state index in [1.54, 1.807) is 11.3 Å². The fourth-order valence-electron chi connectivity index (χ4n) is 2.29. The highest BCUT2D eigenvalue weighted by molar-refractivity contribution is 7.16. The molecular weight excluding hydrogens is 280 g/mol. The molecule has 0 bridgehead atoms. The van der Waals surface area contributed by atoms with E-state index in [1.165, 1.54) is 5.56 Å². The Labute approximate surface area is 128 Å². The van der Waals surface area contributed by atoms with Gasteiger partial charge >= 0.3 is 0 Å². The summed E-state index contributed by atoms with van der Waals surface area (Å²) < 4.78 is 3.10. The molecule has 4 heteroatoms. The molecule has 2 aromatic rings. The third kappa shape index (κ3) is 2.79. The summed E-state index contributed by atoms with van der Waals surface area (Å²) in [7, 11) is 0. The van der Waals surface area contributed by atoms with Gasteiger partial charge in [-0.05, 0) is 36.5 Å². The van der Waals surface area contributed by atoms with Crippen LogP contribution < -0.4 is 4.80 Å². The molecule has 1 aliphatic rings. The quantitative estimate of drug-likeness (QED) is 0.801. The van der Waals surface area contributed by atoms with Crippen LogP contribution in [0.3, 0.4) is 0 Å². The maximum absolute atomic E-state index is 12.0. The first kappa shape index (κ1) is 14.1. The highest BCUT2D eigenvalue weighted by atomic mass is 32.1. The van der Waals surface area contributed by atoms with Crippen molar-refractivity contribution < 1.29 is 4.79 Å². The summed E-state index contributed by atoms with van der Waals surface area (Å²) in [6.45, 7) is 4.79. The Bertz CT molecular complexity index is 800. The molecule has 0 saturated heterocycles. The molecule has 0 atom stereocenters. The lowest BCUT2D eigenvalue weighted by atomic mass is 10.0. The minimum absolute atomic E-state index is 0.00332. The molecular formula is C17H18N2OS. The second kappa shape index (κ2) is 5.50. The molecule has 21 heavy (non-hydrogen) atoms. The fourth-order valence-corrected chi connectivity index (χ4v) is 3.38. The summed E-state index contributed by atoms with van der Waals surface area (Å²) in [6, 6.07) is 6.39. The summed E-state index contributed by atoms with van der Waals surface area (Å²) in [5, 5.41) is 0. The lowest BCUT2D eigenvalue weighted by Crippen LogP contribution is -2.16. The van der Waals surface area contributed by atoms with Gasteiger partial charge in [-0.3, -0.25) is 4.79 Å². The van der Waals surface area contributed by atoms with Crippen molar-refractivity contribution in [2.45, 2.75) is 39.2 Å². The SMILES string of the molecule is C#CCn1c(=NC(=O)C2CC2)sc2cc(C(C)C)ccc21. The van der Waals surface area contributed by atoms with E-state index in [0.29, 0.717) is 12.5 Å². The number of benzene rings is 1. The number of carbonyl (C=O) groups is 1. The van der Waals surface area contributed by atoms with E-state index in [2.05, 4.69) is 43.0 Å². The number of carbonyl (C=O) groups excluding carboxylic acids is 1. The molecule has 1 aromatic carbocycles. The zero-order valence-corrected chi connectivity index (χ0v) is 13.1. The first-order valence-electron chi connectivity index (χ1n) is 7.25. The predicted molar refractivity (Wildman–Crippen MR) is 86.0 cm³/mol. The van der Waals surface area contributed by atoms with E-state index < -0.39 is 0 Å². The van der Waals surface area contributed by atoms with Crippen molar-refractivity contribution in [1.29, 1.82) is 0 Å². The Morgan fingerprint density at radius 3 is 2.90 bits per heavy atom. The van der Waals surface area contributed by atoms with Crippen molar-refractivity contribution in [1.82, 2.24) is 4.57 Å². The number of terminal acetylenes is 1. The van der Waals surface area contributed by atoms with Gasteiger partial charge in [-0.25, -0.2) is 0 Å². The van der Waals surface area contributed by atoms with Crippen molar-refractivity contribution in [3.63, 3.8) is 0 Å². The summed E-state index contributed by atoms with van der Waals surface area (Å²) in [5.74, 6) is 3.27. The first-order chi connectivity index (χ1) is 10.1. The monoisotopic (exact) mass is 298 g/mol. The van der Waals surface area contributed by atoms with Crippen LogP contribution in [0.15, 0.2) is 23.2 Å². The topological polar surface area (TPSA) is 34.4 Å². The van der Waals surface area contributed by atoms with Gasteiger partial charge in [-0.2, -0.15) is 4.99 Å². The molecule has 1 amide bonds. The summed E-state index contributed by atoms with van der Waals surface area (Å²) in [5.41, 5.74) is 2.35. The van der Waals surface area contributed by atoms with E-state index in [1.807, 2.05) is 4.57 Å². The molecule has 3 rings (SSSR count). The van der Waals surface area contributed by atoms with Gasteiger partial charge in [0.1, 0.15) is 0 Å². The molecule has 1 aliphatic carbocycles. The molecule has 1 saturated carbocycles. The summed E-state index contributed by atoms with van der Waals surface area (Å²) in [6.07, 6.45) is 7.41. The van der Waals surface area contributed by atoms with Crippen molar-refractivity contribution in [2.75, 3.05) is 0 Å². The molecule has 0 unspecified atom stereocenters. The Hall–Kier alpha value is -1.86. The maximum atomic E-state index is 12.0. The number of aromatic nitrogens is 1. The number of hydrogen-bond donors (Lipinski definition) is 0. The highest BCUT2D eigenvalue weighted by Gasteiger charge is 2.29. The van der Waals surface area contributed by atoms with E-state index >= 15 is 0 Å². The van der Waals surface area contributed by atoms with Crippen LogP contribution in [0.4, 0.5) is 0 Å². The third-order valence-electron chi connectivity index (χ3n) is 3.76. The normalized spacial score (nSPS) is 15.6. The molecule has 0 spiro atoms. The van der Waals surface area contributed by atoms with Crippen molar-refractivity contribution >= 4 is 27.5 Å². The molecule has 108 valence electrons. The average Bonchev–Trinajstić information content (AvgIpc) is 3.24. The van der Waals surface area contributed by atoms with Gasteiger partial charge in [0.05, 0.1) is 16.8 Å². The standard InChI is InChI=1S/C17H18N2OS/c1-4-9-19-14-8-7-13(11(2)3)10-15(14)21-17(19)18-16(20)12-5-6-12/h1,7-8,10-12H,5-6,9H2,2-3H3. The van der Waals surface area contributed by atoms with Gasteiger partial charge in [0.2, 0.25) is 0 Å².